The highest BCUT2D eigenvalue weighted by molar-refractivity contribution is 6.00. The molecule has 0 aromatic rings. The highest BCUT2D eigenvalue weighted by Gasteiger charge is 2.23. The molecule has 0 bridgehead atoms. The maximum Gasteiger partial charge on any atom is 0.254 e. The number of rotatable bonds is 3. The molecule has 1 aliphatic heterocycles. The fourth-order valence-corrected chi connectivity index (χ4v) is 1.43. The van der Waals surface area contributed by atoms with Gasteiger partial charge < -0.3 is 4.90 Å². The van der Waals surface area contributed by atoms with Crippen LogP contribution in [0.1, 0.15) is 20.8 Å². The Morgan fingerprint density at radius 3 is 2.38 bits per heavy atom. The van der Waals surface area contributed by atoms with E-state index >= 15 is 0 Å². The van der Waals surface area contributed by atoms with E-state index in [1.54, 1.807) is 24.1 Å². The second kappa shape index (κ2) is 6.83. The van der Waals surface area contributed by atoms with Crippen molar-refractivity contribution in [2.45, 2.75) is 20.8 Å². The molecule has 0 aliphatic carbocycles. The van der Waals surface area contributed by atoms with Crippen molar-refractivity contribution in [3.05, 3.63) is 48.1 Å². The SMILES string of the molecule is C=CC1=C(/C=C(/C)C=C)CN(C)C1=O.CC. The Morgan fingerprint density at radius 1 is 1.38 bits per heavy atom. The topological polar surface area (TPSA) is 20.3 Å². The molecular weight excluding hydrogens is 198 g/mol. The van der Waals surface area contributed by atoms with Gasteiger partial charge in [-0.25, -0.2) is 0 Å². The molecule has 16 heavy (non-hydrogen) atoms. The molecule has 2 heteroatoms. The summed E-state index contributed by atoms with van der Waals surface area (Å²) in [5.41, 5.74) is 2.78. The van der Waals surface area contributed by atoms with Crippen molar-refractivity contribution in [3.63, 3.8) is 0 Å². The Kier molecular flexibility index (Phi) is 6.16. The van der Waals surface area contributed by atoms with Crippen molar-refractivity contribution < 1.29 is 4.79 Å². The molecule has 1 rings (SSSR count). The zero-order valence-electron chi connectivity index (χ0n) is 10.7. The van der Waals surface area contributed by atoms with Gasteiger partial charge in [0, 0.05) is 19.2 Å². The van der Waals surface area contributed by atoms with Crippen LogP contribution in [0.4, 0.5) is 0 Å². The average Bonchev–Trinajstić information content (AvgIpc) is 2.57. The lowest BCUT2D eigenvalue weighted by Gasteiger charge is -2.06. The molecule has 0 atom stereocenters. The summed E-state index contributed by atoms with van der Waals surface area (Å²) in [6, 6.07) is 0. The van der Waals surface area contributed by atoms with Crippen LogP contribution in [0, 0.1) is 0 Å². The molecule has 1 heterocycles. The zero-order chi connectivity index (χ0) is 12.7. The van der Waals surface area contributed by atoms with Crippen LogP contribution in [0.15, 0.2) is 48.1 Å². The molecular formula is C14H21NO. The van der Waals surface area contributed by atoms with E-state index < -0.39 is 0 Å². The molecule has 0 fully saturated rings. The van der Waals surface area contributed by atoms with Crippen LogP contribution in [-0.4, -0.2) is 24.4 Å². The van der Waals surface area contributed by atoms with Gasteiger partial charge in [-0.1, -0.05) is 50.8 Å². The quantitative estimate of drug-likeness (QED) is 0.668. The van der Waals surface area contributed by atoms with Crippen molar-refractivity contribution in [1.29, 1.82) is 0 Å². The van der Waals surface area contributed by atoms with E-state index in [-0.39, 0.29) is 5.91 Å². The van der Waals surface area contributed by atoms with Gasteiger partial charge in [-0.3, -0.25) is 4.79 Å². The maximum absolute atomic E-state index is 11.6. The molecule has 0 aromatic heterocycles. The molecule has 0 N–H and O–H groups in total. The predicted molar refractivity (Wildman–Crippen MR) is 70.2 cm³/mol. The van der Waals surface area contributed by atoms with E-state index in [0.717, 1.165) is 11.1 Å². The van der Waals surface area contributed by atoms with Crippen LogP contribution in [0.2, 0.25) is 0 Å². The van der Waals surface area contributed by atoms with Gasteiger partial charge in [-0.05, 0) is 12.5 Å². The van der Waals surface area contributed by atoms with Crippen LogP contribution in [0.25, 0.3) is 0 Å². The molecule has 1 amide bonds. The van der Waals surface area contributed by atoms with E-state index in [0.29, 0.717) is 12.1 Å². The van der Waals surface area contributed by atoms with Gasteiger partial charge in [0.2, 0.25) is 0 Å². The summed E-state index contributed by atoms with van der Waals surface area (Å²) in [7, 11) is 1.79. The minimum absolute atomic E-state index is 0.0445. The van der Waals surface area contributed by atoms with Crippen LogP contribution in [-0.2, 0) is 4.79 Å². The summed E-state index contributed by atoms with van der Waals surface area (Å²) in [5, 5.41) is 0. The Hall–Kier alpha value is -1.57. The molecule has 2 nitrogen and oxygen atoms in total. The molecule has 0 saturated carbocycles. The highest BCUT2D eigenvalue weighted by Crippen LogP contribution is 2.20. The van der Waals surface area contributed by atoms with Gasteiger partial charge >= 0.3 is 0 Å². The third-order valence-electron chi connectivity index (χ3n) is 2.26. The van der Waals surface area contributed by atoms with Crippen molar-refractivity contribution in [2.24, 2.45) is 0 Å². The zero-order valence-corrected chi connectivity index (χ0v) is 10.7. The average molecular weight is 219 g/mol. The number of amides is 1. The lowest BCUT2D eigenvalue weighted by molar-refractivity contribution is -0.124. The summed E-state index contributed by atoms with van der Waals surface area (Å²) in [4.78, 5) is 13.2. The lowest BCUT2D eigenvalue weighted by Crippen LogP contribution is -2.21. The number of hydrogen-bond donors (Lipinski definition) is 0. The first kappa shape index (κ1) is 14.4. The minimum Gasteiger partial charge on any atom is -0.337 e. The Labute approximate surface area is 98.6 Å². The number of carbonyl (C=O) groups excluding carboxylic acids is 1. The molecule has 0 aromatic carbocycles. The summed E-state index contributed by atoms with van der Waals surface area (Å²) in [6.07, 6.45) is 5.37. The lowest BCUT2D eigenvalue weighted by atomic mass is 10.1. The van der Waals surface area contributed by atoms with Crippen molar-refractivity contribution in [2.75, 3.05) is 13.6 Å². The van der Waals surface area contributed by atoms with E-state index in [2.05, 4.69) is 13.2 Å². The maximum atomic E-state index is 11.6. The first-order valence-electron chi connectivity index (χ1n) is 5.52. The van der Waals surface area contributed by atoms with Crippen LogP contribution < -0.4 is 0 Å². The molecule has 0 unspecified atom stereocenters. The van der Waals surface area contributed by atoms with Gasteiger partial charge in [-0.2, -0.15) is 0 Å². The van der Waals surface area contributed by atoms with E-state index in [9.17, 15) is 4.79 Å². The van der Waals surface area contributed by atoms with E-state index in [4.69, 9.17) is 0 Å². The Bertz CT molecular complexity index is 348. The summed E-state index contributed by atoms with van der Waals surface area (Å²) in [6.45, 7) is 13.9. The molecule has 0 radical (unpaired) electrons. The van der Waals surface area contributed by atoms with Gasteiger partial charge in [0.25, 0.3) is 5.91 Å². The fraction of sp³-hybridized carbons (Fsp3) is 0.357. The fourth-order valence-electron chi connectivity index (χ4n) is 1.43. The Morgan fingerprint density at radius 2 is 1.94 bits per heavy atom. The summed E-state index contributed by atoms with van der Waals surface area (Å²) >= 11 is 0. The first-order chi connectivity index (χ1) is 7.60. The van der Waals surface area contributed by atoms with Gasteiger partial charge in [-0.15, -0.1) is 0 Å². The van der Waals surface area contributed by atoms with Crippen LogP contribution in [0.5, 0.6) is 0 Å². The standard InChI is InChI=1S/C12H15NO.C2H6/c1-5-9(3)7-10-8-13(4)12(14)11(10)6-2;1-2/h5-7H,1-2,8H2,3-4H3;1-2H3/b9-7-;. The number of hydrogen-bond acceptors (Lipinski definition) is 1. The number of nitrogens with zero attached hydrogens (tertiary/aromatic N) is 1. The first-order valence-corrected chi connectivity index (χ1v) is 5.52. The number of likely N-dealkylation sites (N-methyl/N-ethyl adjacent to an activating group) is 1. The minimum atomic E-state index is 0.0445. The highest BCUT2D eigenvalue weighted by atomic mass is 16.2. The Balaban J connectivity index is 0.00000106. The van der Waals surface area contributed by atoms with Crippen molar-refractivity contribution >= 4 is 5.91 Å². The predicted octanol–water partition coefficient (Wildman–Crippen LogP) is 3.10. The normalized spacial score (nSPS) is 15.9. The van der Waals surface area contributed by atoms with E-state index in [1.807, 2.05) is 26.8 Å². The van der Waals surface area contributed by atoms with Crippen LogP contribution in [0.3, 0.4) is 0 Å². The van der Waals surface area contributed by atoms with E-state index in [1.165, 1.54) is 0 Å². The third kappa shape index (κ3) is 3.23. The second-order valence-electron chi connectivity index (χ2n) is 3.40. The summed E-state index contributed by atoms with van der Waals surface area (Å²) < 4.78 is 0. The monoisotopic (exact) mass is 219 g/mol. The largest absolute Gasteiger partial charge is 0.337 e. The molecule has 0 spiro atoms. The number of carbonyl (C=O) groups is 1. The second-order valence-corrected chi connectivity index (χ2v) is 3.40. The van der Waals surface area contributed by atoms with Gasteiger partial charge in [0.15, 0.2) is 0 Å². The molecule has 88 valence electrons. The molecule has 0 saturated heterocycles. The van der Waals surface area contributed by atoms with Gasteiger partial charge in [0.05, 0.1) is 0 Å². The van der Waals surface area contributed by atoms with Crippen molar-refractivity contribution in [1.82, 2.24) is 4.90 Å². The smallest absolute Gasteiger partial charge is 0.254 e. The molecule has 1 aliphatic rings. The summed E-state index contributed by atoms with van der Waals surface area (Å²) in [5.74, 6) is 0.0445. The van der Waals surface area contributed by atoms with Gasteiger partial charge in [0.1, 0.15) is 0 Å². The van der Waals surface area contributed by atoms with Crippen molar-refractivity contribution in [3.8, 4) is 0 Å². The number of allylic oxidation sites excluding steroid dienone is 2. The van der Waals surface area contributed by atoms with Crippen LogP contribution >= 0.6 is 0 Å². The third-order valence-corrected chi connectivity index (χ3v) is 2.26.